The highest BCUT2D eigenvalue weighted by Gasteiger charge is 2.36. The van der Waals surface area contributed by atoms with Gasteiger partial charge in [0.15, 0.2) is 0 Å². The molecule has 0 saturated carbocycles. The first kappa shape index (κ1) is 27.9. The van der Waals surface area contributed by atoms with Crippen LogP contribution in [0.5, 0.6) is 5.75 Å². The summed E-state index contributed by atoms with van der Waals surface area (Å²) in [4.78, 5) is 4.84. The lowest BCUT2D eigenvalue weighted by Crippen LogP contribution is -2.41. The van der Waals surface area contributed by atoms with Crippen LogP contribution in [-0.4, -0.2) is 62.2 Å². The van der Waals surface area contributed by atoms with Crippen LogP contribution in [0.15, 0.2) is 36.4 Å². The van der Waals surface area contributed by atoms with Crippen LogP contribution < -0.4 is 10.1 Å². The molecule has 0 amide bonds. The number of ether oxygens (including phenoxy) is 1. The number of H-pyrrole nitrogens is 1. The van der Waals surface area contributed by atoms with Gasteiger partial charge in [-0.3, -0.25) is 9.29 Å². The molecule has 0 saturated heterocycles. The van der Waals surface area contributed by atoms with Gasteiger partial charge in [0.2, 0.25) is 0 Å². The van der Waals surface area contributed by atoms with Gasteiger partial charge >= 0.3 is 0 Å². The molecule has 2 unspecified atom stereocenters. The van der Waals surface area contributed by atoms with Gasteiger partial charge < -0.3 is 15.0 Å². The highest BCUT2D eigenvalue weighted by Crippen LogP contribution is 2.41. The SMILES string of the molecule is CC.FCCCNCCOc1cc(F)c(C2c3[nH]c4ccccc4c3CCN2CC(F)CF)c(F)c1. The molecule has 1 aliphatic rings. The largest absolute Gasteiger partial charge is 0.492 e. The molecular weight excluding hydrogens is 477 g/mol. The van der Waals surface area contributed by atoms with E-state index in [1.807, 2.05) is 38.1 Å². The predicted octanol–water partition coefficient (Wildman–Crippen LogP) is 6.06. The van der Waals surface area contributed by atoms with Crippen molar-refractivity contribution in [2.75, 3.05) is 46.1 Å². The minimum Gasteiger partial charge on any atom is -0.492 e. The van der Waals surface area contributed by atoms with E-state index in [9.17, 15) is 13.2 Å². The van der Waals surface area contributed by atoms with Crippen molar-refractivity contribution >= 4 is 10.9 Å². The van der Waals surface area contributed by atoms with Crippen LogP contribution in [0.25, 0.3) is 10.9 Å². The topological polar surface area (TPSA) is 40.3 Å². The Labute approximate surface area is 208 Å². The van der Waals surface area contributed by atoms with Crippen molar-refractivity contribution in [1.82, 2.24) is 15.2 Å². The maximum Gasteiger partial charge on any atom is 0.141 e. The van der Waals surface area contributed by atoms with Crippen LogP contribution in [0.4, 0.5) is 22.0 Å². The lowest BCUT2D eigenvalue weighted by molar-refractivity contribution is 0.130. The first-order valence-electron chi connectivity index (χ1n) is 12.5. The summed E-state index contributed by atoms with van der Waals surface area (Å²) < 4.78 is 75.2. The number of aromatic nitrogens is 1. The number of alkyl halides is 3. The Bertz CT molecular complexity index is 1080. The zero-order valence-electron chi connectivity index (χ0n) is 20.7. The van der Waals surface area contributed by atoms with Gasteiger partial charge in [-0.15, -0.1) is 0 Å². The average molecular weight is 512 g/mol. The van der Waals surface area contributed by atoms with E-state index in [0.717, 1.165) is 28.6 Å². The van der Waals surface area contributed by atoms with Crippen molar-refractivity contribution in [3.05, 3.63) is 64.9 Å². The Hall–Kier alpha value is -2.65. The molecule has 1 aromatic heterocycles. The van der Waals surface area contributed by atoms with Gasteiger partial charge in [-0.05, 0) is 31.0 Å². The summed E-state index contributed by atoms with van der Waals surface area (Å²) in [6.45, 7) is 3.52. The molecule has 0 spiro atoms. The van der Waals surface area contributed by atoms with Crippen LogP contribution in [0.1, 0.15) is 43.1 Å². The van der Waals surface area contributed by atoms with E-state index < -0.39 is 37.2 Å². The number of rotatable bonds is 11. The zero-order valence-corrected chi connectivity index (χ0v) is 20.7. The number of fused-ring (bicyclic) bond motifs is 3. The molecule has 0 fully saturated rings. The molecule has 198 valence electrons. The summed E-state index contributed by atoms with van der Waals surface area (Å²) >= 11 is 0. The summed E-state index contributed by atoms with van der Waals surface area (Å²) in [5.41, 5.74) is 2.10. The fraction of sp³-hybridized carbons (Fsp3) is 0.481. The third-order valence-corrected chi connectivity index (χ3v) is 6.10. The minimum absolute atomic E-state index is 0.0254. The second kappa shape index (κ2) is 13.6. The highest BCUT2D eigenvalue weighted by atomic mass is 19.2. The number of nitrogens with one attached hydrogen (secondary N) is 2. The summed E-state index contributed by atoms with van der Waals surface area (Å²) in [6.07, 6.45) is -0.824. The van der Waals surface area contributed by atoms with Crippen molar-refractivity contribution in [3.63, 3.8) is 0 Å². The second-order valence-corrected chi connectivity index (χ2v) is 8.40. The lowest BCUT2D eigenvalue weighted by Gasteiger charge is -2.37. The van der Waals surface area contributed by atoms with E-state index in [1.54, 1.807) is 4.90 Å². The summed E-state index contributed by atoms with van der Waals surface area (Å²) in [5, 5.41) is 3.92. The van der Waals surface area contributed by atoms with E-state index in [4.69, 9.17) is 4.74 Å². The first-order chi connectivity index (χ1) is 17.5. The van der Waals surface area contributed by atoms with Crippen molar-refractivity contribution < 1.29 is 26.7 Å². The quantitative estimate of drug-likeness (QED) is 0.243. The van der Waals surface area contributed by atoms with E-state index in [1.165, 1.54) is 0 Å². The van der Waals surface area contributed by atoms with Crippen molar-refractivity contribution in [1.29, 1.82) is 0 Å². The van der Waals surface area contributed by atoms with Gasteiger partial charge in [-0.2, -0.15) is 0 Å². The Morgan fingerprint density at radius 1 is 1.11 bits per heavy atom. The van der Waals surface area contributed by atoms with Crippen LogP contribution in [0.2, 0.25) is 0 Å². The molecule has 0 aliphatic carbocycles. The van der Waals surface area contributed by atoms with Gasteiger partial charge in [0.25, 0.3) is 0 Å². The first-order valence-corrected chi connectivity index (χ1v) is 12.5. The Balaban J connectivity index is 0.00000176. The maximum atomic E-state index is 15.3. The lowest BCUT2D eigenvalue weighted by atomic mass is 9.91. The van der Waals surface area contributed by atoms with Gasteiger partial charge in [0.05, 0.1) is 12.7 Å². The molecule has 4 nitrogen and oxygen atoms in total. The molecule has 2 heterocycles. The summed E-state index contributed by atoms with van der Waals surface area (Å²) in [5.74, 6) is -1.62. The van der Waals surface area contributed by atoms with Crippen molar-refractivity contribution in [2.45, 2.75) is 38.9 Å². The average Bonchev–Trinajstić information content (AvgIpc) is 3.26. The van der Waals surface area contributed by atoms with E-state index in [0.29, 0.717) is 38.2 Å². The summed E-state index contributed by atoms with van der Waals surface area (Å²) in [7, 11) is 0. The number of hydrogen-bond acceptors (Lipinski definition) is 3. The van der Waals surface area contributed by atoms with Gasteiger partial charge in [-0.1, -0.05) is 32.0 Å². The molecule has 2 aromatic carbocycles. The van der Waals surface area contributed by atoms with Crippen molar-refractivity contribution in [3.8, 4) is 5.75 Å². The Morgan fingerprint density at radius 3 is 2.53 bits per heavy atom. The number of hydrogen-bond donors (Lipinski definition) is 2. The summed E-state index contributed by atoms with van der Waals surface area (Å²) in [6, 6.07) is 8.84. The molecule has 3 aromatic rings. The number of halogens is 5. The molecule has 9 heteroatoms. The molecule has 4 rings (SSSR count). The molecule has 36 heavy (non-hydrogen) atoms. The van der Waals surface area contributed by atoms with Crippen molar-refractivity contribution in [2.24, 2.45) is 0 Å². The molecule has 1 aliphatic heterocycles. The van der Waals surface area contributed by atoms with Gasteiger partial charge in [-0.25, -0.2) is 17.6 Å². The van der Waals surface area contributed by atoms with Crippen LogP contribution in [0.3, 0.4) is 0 Å². The number of nitrogens with zero attached hydrogens (tertiary/aromatic N) is 1. The second-order valence-electron chi connectivity index (χ2n) is 8.40. The van der Waals surface area contributed by atoms with E-state index in [-0.39, 0.29) is 24.5 Å². The van der Waals surface area contributed by atoms with Gasteiger partial charge in [0, 0.05) is 53.9 Å². The number of aromatic amines is 1. The minimum atomic E-state index is -1.76. The highest BCUT2D eigenvalue weighted by molar-refractivity contribution is 5.85. The monoisotopic (exact) mass is 511 g/mol. The van der Waals surface area contributed by atoms with E-state index in [2.05, 4.69) is 10.3 Å². The number of benzene rings is 2. The smallest absolute Gasteiger partial charge is 0.141 e. The number of para-hydroxylation sites is 1. The van der Waals surface area contributed by atoms with Gasteiger partial charge in [0.1, 0.15) is 36.8 Å². The maximum absolute atomic E-state index is 15.3. The van der Waals surface area contributed by atoms with Crippen LogP contribution in [0, 0.1) is 11.6 Å². The predicted molar refractivity (Wildman–Crippen MR) is 133 cm³/mol. The zero-order chi connectivity index (χ0) is 26.1. The Morgan fingerprint density at radius 2 is 1.83 bits per heavy atom. The third-order valence-electron chi connectivity index (χ3n) is 6.10. The van der Waals surface area contributed by atoms with Crippen LogP contribution >= 0.6 is 0 Å². The van der Waals surface area contributed by atoms with Crippen LogP contribution in [-0.2, 0) is 6.42 Å². The molecule has 2 atom stereocenters. The Kier molecular flexibility index (Phi) is 10.6. The third kappa shape index (κ3) is 6.37. The normalized spacial score (nSPS) is 16.4. The standard InChI is InChI=1S/C25H28F5N3O.C2H6/c26-7-3-8-31-9-11-34-17-12-20(29)23(21(30)13-17)25-24-19(6-10-33(25)15-16(28)14-27)18-4-1-2-5-22(18)32-24;1-2/h1-2,4-5,12-13,16,25,31-32H,3,6-11,14-15H2;1-2H3. The van der Waals surface area contributed by atoms with E-state index >= 15 is 8.78 Å². The fourth-order valence-electron chi connectivity index (χ4n) is 4.58. The fourth-order valence-corrected chi connectivity index (χ4v) is 4.58. The molecule has 0 bridgehead atoms. The molecule has 0 radical (unpaired) electrons. The molecule has 2 N–H and O–H groups in total. The molecular formula is C27H34F5N3O.